The molecule has 2 aromatic carbocycles. The molecule has 0 saturated carbocycles. The van der Waals surface area contributed by atoms with Crippen LogP contribution in [0.25, 0.3) is 16.5 Å². The zero-order valence-corrected chi connectivity index (χ0v) is 13.8. The van der Waals surface area contributed by atoms with Crippen LogP contribution in [0.3, 0.4) is 0 Å². The molecule has 0 aliphatic rings. The fourth-order valence-electron chi connectivity index (χ4n) is 2.21. The van der Waals surface area contributed by atoms with Gasteiger partial charge in [0.05, 0.1) is 12.8 Å². The quantitative estimate of drug-likeness (QED) is 0.533. The lowest BCUT2D eigenvalue weighted by Gasteiger charge is -2.13. The van der Waals surface area contributed by atoms with Crippen molar-refractivity contribution in [2.45, 2.75) is 13.8 Å². The molecule has 0 atom stereocenters. The Bertz CT molecular complexity index is 745. The van der Waals surface area contributed by atoms with Gasteiger partial charge in [-0.2, -0.15) is 0 Å². The average molecular weight is 297 g/mol. The van der Waals surface area contributed by atoms with Gasteiger partial charge in [0, 0.05) is 30.7 Å². The highest BCUT2D eigenvalue weighted by atomic mass is 16.5. The van der Waals surface area contributed by atoms with E-state index in [0.717, 1.165) is 39.3 Å². The molecule has 0 radical (unpaired) electrons. The Kier molecular flexibility index (Phi) is 4.71. The second-order valence-corrected chi connectivity index (χ2v) is 5.38. The first kappa shape index (κ1) is 15.9. The van der Waals surface area contributed by atoms with E-state index in [-0.39, 0.29) is 0 Å². The molecule has 0 aromatic heterocycles. The third-order valence-corrected chi connectivity index (χ3v) is 3.69. The number of nitrogens with zero attached hydrogens (tertiary/aromatic N) is 2. The lowest BCUT2D eigenvalue weighted by atomic mass is 10.0. The summed E-state index contributed by atoms with van der Waals surface area (Å²) < 4.78 is 5.26. The Morgan fingerprint density at radius 1 is 1.23 bits per heavy atom. The monoisotopic (exact) mass is 297 g/mol. The molecular formula is C18H23N3O. The predicted molar refractivity (Wildman–Crippen MR) is 95.4 cm³/mol. The molecule has 0 amide bonds. The predicted octanol–water partition coefficient (Wildman–Crippen LogP) is 3.77. The number of nitrogen functional groups attached to an aromatic ring is 1. The zero-order valence-electron chi connectivity index (χ0n) is 13.8. The van der Waals surface area contributed by atoms with E-state index in [2.05, 4.69) is 11.1 Å². The molecule has 4 nitrogen and oxygen atoms in total. The van der Waals surface area contributed by atoms with E-state index < -0.39 is 0 Å². The number of ether oxygens (including phenoxy) is 1. The van der Waals surface area contributed by atoms with E-state index in [1.54, 1.807) is 7.11 Å². The van der Waals surface area contributed by atoms with Crippen LogP contribution >= 0.6 is 0 Å². The normalized spacial score (nSPS) is 12.6. The van der Waals surface area contributed by atoms with Crippen molar-refractivity contribution in [2.24, 2.45) is 4.99 Å². The van der Waals surface area contributed by atoms with Gasteiger partial charge < -0.3 is 15.4 Å². The molecule has 2 N–H and O–H groups in total. The zero-order chi connectivity index (χ0) is 16.3. The molecule has 0 aliphatic carbocycles. The van der Waals surface area contributed by atoms with Gasteiger partial charge in [-0.15, -0.1) is 0 Å². The summed E-state index contributed by atoms with van der Waals surface area (Å²) in [5, 5.41) is 2.07. The van der Waals surface area contributed by atoms with Crippen molar-refractivity contribution in [1.82, 2.24) is 4.90 Å². The number of aliphatic imine (C=N–C) groups is 1. The van der Waals surface area contributed by atoms with E-state index >= 15 is 0 Å². The van der Waals surface area contributed by atoms with Crippen LogP contribution < -0.4 is 10.5 Å². The molecular weight excluding hydrogens is 274 g/mol. The summed E-state index contributed by atoms with van der Waals surface area (Å²) in [6.45, 7) is 3.97. The van der Waals surface area contributed by atoms with E-state index in [1.807, 2.05) is 63.2 Å². The molecule has 116 valence electrons. The Morgan fingerprint density at radius 3 is 2.55 bits per heavy atom. The van der Waals surface area contributed by atoms with Gasteiger partial charge in [0.1, 0.15) is 11.6 Å². The first-order valence-corrected chi connectivity index (χ1v) is 7.23. The van der Waals surface area contributed by atoms with Gasteiger partial charge in [-0.3, -0.25) is 0 Å². The smallest absolute Gasteiger partial charge is 0.119 e. The van der Waals surface area contributed by atoms with E-state index in [4.69, 9.17) is 10.5 Å². The number of rotatable bonds is 3. The Balaban J connectivity index is 2.55. The van der Waals surface area contributed by atoms with Gasteiger partial charge in [-0.05, 0) is 43.5 Å². The number of methoxy groups -OCH3 is 1. The van der Waals surface area contributed by atoms with Crippen LogP contribution in [0.1, 0.15) is 19.4 Å². The van der Waals surface area contributed by atoms with Crippen molar-refractivity contribution in [3.05, 3.63) is 42.0 Å². The number of fused-ring (bicyclic) bond motifs is 1. The Hall–Kier alpha value is -2.49. The van der Waals surface area contributed by atoms with Crippen LogP contribution in [0.15, 0.2) is 41.4 Å². The summed E-state index contributed by atoms with van der Waals surface area (Å²) in [5.74, 6) is 1.75. The number of amidine groups is 1. The highest BCUT2D eigenvalue weighted by molar-refractivity contribution is 5.97. The maximum Gasteiger partial charge on any atom is 0.119 e. The van der Waals surface area contributed by atoms with Gasteiger partial charge in [0.2, 0.25) is 0 Å². The minimum Gasteiger partial charge on any atom is -0.497 e. The van der Waals surface area contributed by atoms with E-state index in [1.165, 1.54) is 0 Å². The molecule has 22 heavy (non-hydrogen) atoms. The largest absolute Gasteiger partial charge is 0.497 e. The van der Waals surface area contributed by atoms with Crippen LogP contribution in [0, 0.1) is 0 Å². The topological polar surface area (TPSA) is 50.8 Å². The molecule has 0 saturated heterocycles. The maximum atomic E-state index is 6.22. The maximum absolute atomic E-state index is 6.22. The summed E-state index contributed by atoms with van der Waals surface area (Å²) >= 11 is 0. The molecule has 0 spiro atoms. The van der Waals surface area contributed by atoms with Gasteiger partial charge in [-0.25, -0.2) is 4.99 Å². The minimum atomic E-state index is 0.725. The van der Waals surface area contributed by atoms with Gasteiger partial charge in [0.25, 0.3) is 0 Å². The summed E-state index contributed by atoms with van der Waals surface area (Å²) in [6.07, 6.45) is 2.00. The third-order valence-electron chi connectivity index (χ3n) is 3.69. The fourth-order valence-corrected chi connectivity index (χ4v) is 2.21. The number of nitrogens with two attached hydrogens (primary N) is 1. The van der Waals surface area contributed by atoms with Gasteiger partial charge in [-0.1, -0.05) is 12.1 Å². The van der Waals surface area contributed by atoms with Gasteiger partial charge in [0.15, 0.2) is 0 Å². The molecule has 0 aliphatic heterocycles. The second-order valence-electron chi connectivity index (χ2n) is 5.38. The average Bonchev–Trinajstić information content (AvgIpc) is 2.51. The number of allylic oxidation sites excluding steroid dienone is 1. The van der Waals surface area contributed by atoms with E-state index in [0.29, 0.717) is 0 Å². The third kappa shape index (κ3) is 3.22. The Morgan fingerprint density at radius 2 is 1.95 bits per heavy atom. The molecule has 0 heterocycles. The van der Waals surface area contributed by atoms with E-state index in [9.17, 15) is 0 Å². The van der Waals surface area contributed by atoms with Crippen LogP contribution in [0.2, 0.25) is 0 Å². The van der Waals surface area contributed by atoms with Crippen molar-refractivity contribution < 1.29 is 4.74 Å². The first-order valence-electron chi connectivity index (χ1n) is 7.23. The van der Waals surface area contributed by atoms with Crippen molar-refractivity contribution in [2.75, 3.05) is 26.9 Å². The van der Waals surface area contributed by atoms with Gasteiger partial charge >= 0.3 is 0 Å². The number of hydrogen-bond acceptors (Lipinski definition) is 3. The standard InChI is InChI=1S/C18H23N3O/c1-6-18(20-12(2)21(3)4)14-9-13-7-8-15(22-5)11-16(13)17(19)10-14/h6-11H,19H2,1-5H3/b18-6-,20-12?. The SMILES string of the molecule is C/C=C(\N=C(C)N(C)C)c1cc(N)c2cc(OC)ccc2c1. The molecule has 4 heteroatoms. The lowest BCUT2D eigenvalue weighted by Crippen LogP contribution is -2.18. The molecule has 0 bridgehead atoms. The number of hydrogen-bond donors (Lipinski definition) is 1. The highest BCUT2D eigenvalue weighted by Crippen LogP contribution is 2.30. The lowest BCUT2D eigenvalue weighted by molar-refractivity contribution is 0.415. The van der Waals surface area contributed by atoms with Crippen LogP contribution in [-0.4, -0.2) is 31.9 Å². The first-order chi connectivity index (χ1) is 10.5. The fraction of sp³-hybridized carbons (Fsp3) is 0.278. The van der Waals surface area contributed by atoms with Crippen molar-refractivity contribution >= 4 is 28.0 Å². The van der Waals surface area contributed by atoms with Crippen LogP contribution in [0.5, 0.6) is 5.75 Å². The highest BCUT2D eigenvalue weighted by Gasteiger charge is 2.07. The summed E-state index contributed by atoms with van der Waals surface area (Å²) in [5.41, 5.74) is 8.87. The number of benzene rings is 2. The molecule has 0 unspecified atom stereocenters. The summed E-state index contributed by atoms with van der Waals surface area (Å²) in [7, 11) is 5.61. The molecule has 2 aromatic rings. The van der Waals surface area contributed by atoms with Crippen molar-refractivity contribution in [1.29, 1.82) is 0 Å². The molecule has 0 fully saturated rings. The van der Waals surface area contributed by atoms with Crippen LogP contribution in [-0.2, 0) is 0 Å². The minimum absolute atomic E-state index is 0.725. The number of anilines is 1. The van der Waals surface area contributed by atoms with Crippen LogP contribution in [0.4, 0.5) is 5.69 Å². The van der Waals surface area contributed by atoms with Crippen molar-refractivity contribution in [3.8, 4) is 5.75 Å². The second kappa shape index (κ2) is 6.52. The Labute approximate surface area is 131 Å². The summed E-state index contributed by atoms with van der Waals surface area (Å²) in [4.78, 5) is 6.65. The molecule has 2 rings (SSSR count). The summed E-state index contributed by atoms with van der Waals surface area (Å²) in [6, 6.07) is 9.98. The van der Waals surface area contributed by atoms with Crippen molar-refractivity contribution in [3.63, 3.8) is 0 Å².